The van der Waals surface area contributed by atoms with Crippen LogP contribution in [-0.2, 0) is 11.2 Å². The molecule has 7 heteroatoms. The maximum absolute atomic E-state index is 12.8. The molecule has 24 heavy (non-hydrogen) atoms. The van der Waals surface area contributed by atoms with Gasteiger partial charge in [-0.05, 0) is 43.4 Å². The summed E-state index contributed by atoms with van der Waals surface area (Å²) in [5.74, 6) is -1.47. The predicted octanol–water partition coefficient (Wildman–Crippen LogP) is 2.00. The summed E-state index contributed by atoms with van der Waals surface area (Å²) in [6, 6.07) is 5.74. The molecule has 0 radical (unpaired) electrons. The number of amides is 1. The molecule has 1 saturated carbocycles. The topological polar surface area (TPSA) is 75.4 Å². The number of carbonyl (C=O) groups is 1. The lowest BCUT2D eigenvalue weighted by Crippen LogP contribution is -2.57. The van der Waals surface area contributed by atoms with Crippen molar-refractivity contribution in [2.75, 3.05) is 6.54 Å². The van der Waals surface area contributed by atoms with Gasteiger partial charge in [0.05, 0.1) is 11.6 Å². The highest BCUT2D eigenvalue weighted by Gasteiger charge is 2.40. The summed E-state index contributed by atoms with van der Waals surface area (Å²) in [6.45, 7) is 0.00738. The van der Waals surface area contributed by atoms with E-state index >= 15 is 0 Å². The zero-order chi connectivity index (χ0) is 17.7. The summed E-state index contributed by atoms with van der Waals surface area (Å²) < 4.78 is 38.1. The summed E-state index contributed by atoms with van der Waals surface area (Å²) in [6.07, 6.45) is -2.08. The van der Waals surface area contributed by atoms with E-state index in [-0.39, 0.29) is 44.5 Å². The van der Waals surface area contributed by atoms with Gasteiger partial charge in [0.1, 0.15) is 5.82 Å². The molecule has 0 spiro atoms. The average Bonchev–Trinajstić information content (AvgIpc) is 2.55. The summed E-state index contributed by atoms with van der Waals surface area (Å²) in [5.41, 5.74) is 5.64. The molecule has 0 bridgehead atoms. The number of carbonyl (C=O) groups excluding carboxylic acids is 1. The lowest BCUT2D eigenvalue weighted by Gasteiger charge is -2.35. The minimum absolute atomic E-state index is 0.00738. The third kappa shape index (κ3) is 4.95. The Bertz CT molecular complexity index is 543. The van der Waals surface area contributed by atoms with Gasteiger partial charge in [-0.25, -0.2) is 13.2 Å². The van der Waals surface area contributed by atoms with Crippen LogP contribution in [-0.4, -0.2) is 35.6 Å². The van der Waals surface area contributed by atoms with Crippen LogP contribution >= 0.6 is 0 Å². The number of aliphatic hydroxyl groups is 1. The zero-order valence-corrected chi connectivity index (χ0v) is 13.4. The first-order valence-electron chi connectivity index (χ1n) is 8.08. The van der Waals surface area contributed by atoms with E-state index in [1.165, 1.54) is 12.1 Å². The highest BCUT2D eigenvalue weighted by Crippen LogP contribution is 2.33. The van der Waals surface area contributed by atoms with Crippen molar-refractivity contribution in [3.63, 3.8) is 0 Å². The van der Waals surface area contributed by atoms with Crippen LogP contribution in [0.25, 0.3) is 0 Å². The smallest absolute Gasteiger partial charge is 0.241 e. The summed E-state index contributed by atoms with van der Waals surface area (Å²) in [4.78, 5) is 12.2. The van der Waals surface area contributed by atoms with Crippen molar-refractivity contribution in [1.29, 1.82) is 0 Å². The SMILES string of the molecule is NC1(C(=O)NCC(O)Cc2ccc(F)cc2)CCC(C(F)F)CC1. The highest BCUT2D eigenvalue weighted by atomic mass is 19.3. The normalized spacial score (nSPS) is 25.5. The molecule has 1 aromatic carbocycles. The third-order valence-corrected chi connectivity index (χ3v) is 4.61. The Hall–Kier alpha value is -1.60. The van der Waals surface area contributed by atoms with Crippen molar-refractivity contribution < 1.29 is 23.1 Å². The Morgan fingerprint density at radius 3 is 2.42 bits per heavy atom. The van der Waals surface area contributed by atoms with E-state index in [4.69, 9.17) is 5.73 Å². The fraction of sp³-hybridized carbons (Fsp3) is 0.588. The molecule has 0 saturated heterocycles. The van der Waals surface area contributed by atoms with E-state index in [2.05, 4.69) is 5.32 Å². The molecule has 0 aromatic heterocycles. The maximum Gasteiger partial charge on any atom is 0.241 e. The minimum Gasteiger partial charge on any atom is -0.391 e. The Morgan fingerprint density at radius 2 is 1.88 bits per heavy atom. The number of hydrogen-bond acceptors (Lipinski definition) is 3. The van der Waals surface area contributed by atoms with Gasteiger partial charge in [0.2, 0.25) is 12.3 Å². The molecule has 1 aliphatic rings. The molecule has 1 fully saturated rings. The summed E-state index contributed by atoms with van der Waals surface area (Å²) in [5, 5.41) is 12.6. The number of hydrogen-bond donors (Lipinski definition) is 3. The molecule has 1 aliphatic carbocycles. The van der Waals surface area contributed by atoms with E-state index in [1.807, 2.05) is 0 Å². The first-order chi connectivity index (χ1) is 11.3. The number of aliphatic hydroxyl groups excluding tert-OH is 1. The van der Waals surface area contributed by atoms with Crippen molar-refractivity contribution in [1.82, 2.24) is 5.32 Å². The van der Waals surface area contributed by atoms with Crippen molar-refractivity contribution in [3.8, 4) is 0 Å². The van der Waals surface area contributed by atoms with Crippen LogP contribution in [0.2, 0.25) is 0 Å². The maximum atomic E-state index is 12.8. The van der Waals surface area contributed by atoms with Crippen LogP contribution in [0.1, 0.15) is 31.2 Å². The van der Waals surface area contributed by atoms with Crippen LogP contribution in [0.3, 0.4) is 0 Å². The van der Waals surface area contributed by atoms with E-state index in [1.54, 1.807) is 12.1 Å². The predicted molar refractivity (Wildman–Crippen MR) is 84.0 cm³/mol. The molecular formula is C17H23F3N2O2. The largest absolute Gasteiger partial charge is 0.391 e. The minimum atomic E-state index is -2.38. The quantitative estimate of drug-likeness (QED) is 0.739. The Balaban J connectivity index is 1.78. The van der Waals surface area contributed by atoms with Gasteiger partial charge in [-0.1, -0.05) is 12.1 Å². The lowest BCUT2D eigenvalue weighted by molar-refractivity contribution is -0.128. The highest BCUT2D eigenvalue weighted by molar-refractivity contribution is 5.86. The molecule has 0 heterocycles. The molecule has 1 aromatic rings. The fourth-order valence-electron chi connectivity index (χ4n) is 2.99. The van der Waals surface area contributed by atoms with Gasteiger partial charge in [-0.2, -0.15) is 0 Å². The van der Waals surface area contributed by atoms with E-state index < -0.39 is 29.9 Å². The number of rotatable bonds is 6. The number of halogens is 3. The van der Waals surface area contributed by atoms with Crippen LogP contribution in [0.4, 0.5) is 13.2 Å². The van der Waals surface area contributed by atoms with Crippen LogP contribution in [0.5, 0.6) is 0 Å². The Kier molecular flexibility index (Phi) is 6.23. The van der Waals surface area contributed by atoms with Crippen molar-refractivity contribution in [3.05, 3.63) is 35.6 Å². The van der Waals surface area contributed by atoms with Crippen molar-refractivity contribution in [2.45, 2.75) is 50.2 Å². The molecule has 1 atom stereocenters. The van der Waals surface area contributed by atoms with E-state index in [0.717, 1.165) is 5.56 Å². The lowest BCUT2D eigenvalue weighted by atomic mass is 9.76. The average molecular weight is 344 g/mol. The summed E-state index contributed by atoms with van der Waals surface area (Å²) in [7, 11) is 0. The third-order valence-electron chi connectivity index (χ3n) is 4.61. The van der Waals surface area contributed by atoms with Gasteiger partial charge >= 0.3 is 0 Å². The fourth-order valence-corrected chi connectivity index (χ4v) is 2.99. The monoisotopic (exact) mass is 344 g/mol. The number of alkyl halides is 2. The summed E-state index contributed by atoms with van der Waals surface area (Å²) >= 11 is 0. The van der Waals surface area contributed by atoms with Gasteiger partial charge in [-0.15, -0.1) is 0 Å². The molecule has 2 rings (SSSR count). The molecule has 4 N–H and O–H groups in total. The Labute approximate surface area is 139 Å². The second-order valence-electron chi connectivity index (χ2n) is 6.52. The molecule has 4 nitrogen and oxygen atoms in total. The Morgan fingerprint density at radius 1 is 1.29 bits per heavy atom. The van der Waals surface area contributed by atoms with Crippen LogP contribution in [0, 0.1) is 11.7 Å². The van der Waals surface area contributed by atoms with Gasteiger partial charge in [0.15, 0.2) is 0 Å². The van der Waals surface area contributed by atoms with Gasteiger partial charge in [0, 0.05) is 18.9 Å². The molecular weight excluding hydrogens is 321 g/mol. The van der Waals surface area contributed by atoms with Gasteiger partial charge in [0.25, 0.3) is 0 Å². The number of nitrogens with one attached hydrogen (secondary N) is 1. The van der Waals surface area contributed by atoms with Crippen LogP contribution < -0.4 is 11.1 Å². The molecule has 1 amide bonds. The van der Waals surface area contributed by atoms with Crippen LogP contribution in [0.15, 0.2) is 24.3 Å². The van der Waals surface area contributed by atoms with Gasteiger partial charge in [-0.3, -0.25) is 4.79 Å². The van der Waals surface area contributed by atoms with Crippen molar-refractivity contribution in [2.24, 2.45) is 11.7 Å². The zero-order valence-electron chi connectivity index (χ0n) is 13.4. The number of benzene rings is 1. The molecule has 1 unspecified atom stereocenters. The first kappa shape index (κ1) is 18.7. The number of nitrogens with two attached hydrogens (primary N) is 1. The first-order valence-corrected chi connectivity index (χ1v) is 8.08. The second kappa shape index (κ2) is 7.98. The second-order valence-corrected chi connectivity index (χ2v) is 6.52. The van der Waals surface area contributed by atoms with Crippen molar-refractivity contribution >= 4 is 5.91 Å². The standard InChI is InChI=1S/C17H23F3N2O2/c18-13-3-1-11(2-4-13)9-14(23)10-22-16(24)17(21)7-5-12(6-8-17)15(19)20/h1-4,12,14-15,23H,5-10,21H2,(H,22,24). The van der Waals surface area contributed by atoms with Gasteiger partial charge < -0.3 is 16.2 Å². The van der Waals surface area contributed by atoms with E-state index in [0.29, 0.717) is 0 Å². The molecule has 134 valence electrons. The molecule has 0 aliphatic heterocycles. The van der Waals surface area contributed by atoms with E-state index in [9.17, 15) is 23.1 Å².